The van der Waals surface area contributed by atoms with Crippen LogP contribution in [0.1, 0.15) is 46.0 Å². The van der Waals surface area contributed by atoms with Gasteiger partial charge in [0.2, 0.25) is 0 Å². The molecule has 1 unspecified atom stereocenters. The monoisotopic (exact) mass is 272 g/mol. The minimum Gasteiger partial charge on any atom is -0.379 e. The summed E-state index contributed by atoms with van der Waals surface area (Å²) in [7, 11) is 0. The van der Waals surface area contributed by atoms with Gasteiger partial charge in [-0.05, 0) is 25.3 Å². The van der Waals surface area contributed by atoms with Crippen molar-refractivity contribution in [2.75, 3.05) is 46.0 Å². The molecular formula is C15H32N2O2. The molecule has 1 heterocycles. The predicted octanol–water partition coefficient (Wildman–Crippen LogP) is 2.45. The molecule has 0 amide bonds. The van der Waals surface area contributed by atoms with E-state index < -0.39 is 0 Å². The van der Waals surface area contributed by atoms with Crippen LogP contribution in [0.15, 0.2) is 0 Å². The zero-order valence-corrected chi connectivity index (χ0v) is 12.8. The number of rotatable bonds is 11. The Balaban J connectivity index is 1.89. The minimum absolute atomic E-state index is 0.715. The Bertz CT molecular complexity index is 197. The summed E-state index contributed by atoms with van der Waals surface area (Å²) in [5.41, 5.74) is 3.11. The Labute approximate surface area is 118 Å². The standard InChI is InChI=1S/C15H32N2O2/c1-3-5-7-15(4-2)14-19-16-8-6-9-17-10-12-18-13-11-17/h15-16H,3-14H2,1-2H3. The lowest BCUT2D eigenvalue weighted by molar-refractivity contribution is 0.00803. The van der Waals surface area contributed by atoms with E-state index >= 15 is 0 Å². The quantitative estimate of drug-likeness (QED) is 0.463. The summed E-state index contributed by atoms with van der Waals surface area (Å²) in [4.78, 5) is 8.04. The summed E-state index contributed by atoms with van der Waals surface area (Å²) >= 11 is 0. The van der Waals surface area contributed by atoms with Gasteiger partial charge in [-0.2, -0.15) is 0 Å². The van der Waals surface area contributed by atoms with E-state index in [0.29, 0.717) is 5.92 Å². The fourth-order valence-electron chi connectivity index (χ4n) is 2.35. The van der Waals surface area contributed by atoms with Crippen LogP contribution in [0.2, 0.25) is 0 Å². The lowest BCUT2D eigenvalue weighted by Crippen LogP contribution is -2.37. The van der Waals surface area contributed by atoms with Gasteiger partial charge in [0.15, 0.2) is 0 Å². The van der Waals surface area contributed by atoms with E-state index in [0.717, 1.165) is 52.4 Å². The summed E-state index contributed by atoms with van der Waals surface area (Å²) in [5.74, 6) is 0.715. The van der Waals surface area contributed by atoms with Crippen LogP contribution in [0.25, 0.3) is 0 Å². The van der Waals surface area contributed by atoms with Gasteiger partial charge in [0.1, 0.15) is 0 Å². The number of hydrogen-bond donors (Lipinski definition) is 1. The molecule has 114 valence electrons. The molecule has 0 aromatic rings. The number of nitrogens with one attached hydrogen (secondary N) is 1. The Kier molecular flexibility index (Phi) is 10.4. The van der Waals surface area contributed by atoms with Crippen molar-refractivity contribution >= 4 is 0 Å². The molecule has 0 bridgehead atoms. The average Bonchev–Trinajstić information content (AvgIpc) is 2.47. The highest BCUT2D eigenvalue weighted by Crippen LogP contribution is 2.12. The summed E-state index contributed by atoms with van der Waals surface area (Å²) < 4.78 is 5.33. The SMILES string of the molecule is CCCCC(CC)CONCCCN1CCOCC1. The third-order valence-corrected chi connectivity index (χ3v) is 3.82. The number of hydrogen-bond acceptors (Lipinski definition) is 4. The molecule has 1 atom stereocenters. The number of nitrogens with zero attached hydrogens (tertiary/aromatic N) is 1. The van der Waals surface area contributed by atoms with Crippen LogP contribution in [0.4, 0.5) is 0 Å². The molecule has 4 heteroatoms. The molecule has 0 saturated carbocycles. The van der Waals surface area contributed by atoms with Gasteiger partial charge < -0.3 is 9.57 Å². The summed E-state index contributed by atoms with van der Waals surface area (Å²) in [6.07, 6.45) is 6.26. The minimum atomic E-state index is 0.715. The van der Waals surface area contributed by atoms with Crippen LogP contribution in [-0.2, 0) is 9.57 Å². The maximum atomic E-state index is 5.58. The van der Waals surface area contributed by atoms with Crippen LogP contribution < -0.4 is 5.48 Å². The molecule has 0 aromatic heterocycles. The molecule has 4 nitrogen and oxygen atoms in total. The van der Waals surface area contributed by atoms with Crippen LogP contribution in [-0.4, -0.2) is 50.9 Å². The van der Waals surface area contributed by atoms with Crippen molar-refractivity contribution in [2.24, 2.45) is 5.92 Å². The van der Waals surface area contributed by atoms with Crippen molar-refractivity contribution in [3.63, 3.8) is 0 Å². The predicted molar refractivity (Wildman–Crippen MR) is 79.1 cm³/mol. The van der Waals surface area contributed by atoms with E-state index in [1.54, 1.807) is 0 Å². The van der Waals surface area contributed by atoms with Crippen LogP contribution in [0.5, 0.6) is 0 Å². The topological polar surface area (TPSA) is 33.7 Å². The highest BCUT2D eigenvalue weighted by molar-refractivity contribution is 4.61. The molecule has 0 aromatic carbocycles. The molecule has 1 aliphatic rings. The largest absolute Gasteiger partial charge is 0.379 e. The molecule has 0 aliphatic carbocycles. The highest BCUT2D eigenvalue weighted by atomic mass is 16.6. The molecule has 1 rings (SSSR count). The van der Waals surface area contributed by atoms with Gasteiger partial charge in [0, 0.05) is 19.6 Å². The Hall–Kier alpha value is -0.160. The van der Waals surface area contributed by atoms with Gasteiger partial charge in [-0.15, -0.1) is 0 Å². The zero-order chi connectivity index (χ0) is 13.8. The summed E-state index contributed by atoms with van der Waals surface area (Å²) in [5, 5.41) is 0. The smallest absolute Gasteiger partial charge is 0.0710 e. The first kappa shape index (κ1) is 16.9. The summed E-state index contributed by atoms with van der Waals surface area (Å²) in [6.45, 7) is 11.4. The molecule has 0 spiro atoms. The lowest BCUT2D eigenvalue weighted by Gasteiger charge is -2.26. The van der Waals surface area contributed by atoms with E-state index in [2.05, 4.69) is 24.2 Å². The normalized spacial score (nSPS) is 18.6. The lowest BCUT2D eigenvalue weighted by atomic mass is 10.0. The molecule has 1 fully saturated rings. The first-order valence-corrected chi connectivity index (χ1v) is 8.01. The first-order chi connectivity index (χ1) is 9.36. The van der Waals surface area contributed by atoms with Gasteiger partial charge in [0.05, 0.1) is 19.8 Å². The molecular weight excluding hydrogens is 240 g/mol. The van der Waals surface area contributed by atoms with Gasteiger partial charge in [0.25, 0.3) is 0 Å². The molecule has 1 saturated heterocycles. The van der Waals surface area contributed by atoms with Crippen molar-refractivity contribution in [1.29, 1.82) is 0 Å². The van der Waals surface area contributed by atoms with Gasteiger partial charge in [-0.1, -0.05) is 33.1 Å². The van der Waals surface area contributed by atoms with E-state index in [9.17, 15) is 0 Å². The molecule has 1 N–H and O–H groups in total. The maximum absolute atomic E-state index is 5.58. The number of hydroxylamine groups is 1. The maximum Gasteiger partial charge on any atom is 0.0710 e. The van der Waals surface area contributed by atoms with Crippen LogP contribution in [0.3, 0.4) is 0 Å². The second kappa shape index (κ2) is 11.6. The van der Waals surface area contributed by atoms with Crippen LogP contribution in [0, 0.1) is 5.92 Å². The number of morpholine rings is 1. The van der Waals surface area contributed by atoms with E-state index in [4.69, 9.17) is 9.57 Å². The first-order valence-electron chi connectivity index (χ1n) is 8.01. The second-order valence-corrected chi connectivity index (χ2v) is 5.43. The van der Waals surface area contributed by atoms with Crippen molar-refractivity contribution in [1.82, 2.24) is 10.4 Å². The van der Waals surface area contributed by atoms with E-state index in [1.807, 2.05) is 0 Å². The molecule has 19 heavy (non-hydrogen) atoms. The number of unbranched alkanes of at least 4 members (excludes halogenated alkanes) is 1. The van der Waals surface area contributed by atoms with Gasteiger partial charge >= 0.3 is 0 Å². The van der Waals surface area contributed by atoms with Gasteiger partial charge in [-0.25, -0.2) is 5.48 Å². The second-order valence-electron chi connectivity index (χ2n) is 5.43. The third kappa shape index (κ3) is 8.58. The van der Waals surface area contributed by atoms with Gasteiger partial charge in [-0.3, -0.25) is 4.90 Å². The van der Waals surface area contributed by atoms with E-state index in [-0.39, 0.29) is 0 Å². The molecule has 0 radical (unpaired) electrons. The fourth-order valence-corrected chi connectivity index (χ4v) is 2.35. The summed E-state index contributed by atoms with van der Waals surface area (Å²) in [6, 6.07) is 0. The Morgan fingerprint density at radius 2 is 2.00 bits per heavy atom. The van der Waals surface area contributed by atoms with Crippen molar-refractivity contribution < 1.29 is 9.57 Å². The fraction of sp³-hybridized carbons (Fsp3) is 1.00. The third-order valence-electron chi connectivity index (χ3n) is 3.82. The number of ether oxygens (including phenoxy) is 1. The average molecular weight is 272 g/mol. The van der Waals surface area contributed by atoms with Crippen LogP contribution >= 0.6 is 0 Å². The Morgan fingerprint density at radius 1 is 1.21 bits per heavy atom. The molecule has 1 aliphatic heterocycles. The zero-order valence-electron chi connectivity index (χ0n) is 12.8. The van der Waals surface area contributed by atoms with Crippen molar-refractivity contribution in [3.8, 4) is 0 Å². The van der Waals surface area contributed by atoms with E-state index in [1.165, 1.54) is 25.7 Å². The Morgan fingerprint density at radius 3 is 2.68 bits per heavy atom. The van der Waals surface area contributed by atoms with Crippen molar-refractivity contribution in [3.05, 3.63) is 0 Å². The van der Waals surface area contributed by atoms with Crippen molar-refractivity contribution in [2.45, 2.75) is 46.0 Å². The highest BCUT2D eigenvalue weighted by Gasteiger charge is 2.09.